The highest BCUT2D eigenvalue weighted by Gasteiger charge is 2.24. The van der Waals surface area contributed by atoms with Crippen LogP contribution >= 0.6 is 12.4 Å². The average molecular weight is 494 g/mol. The van der Waals surface area contributed by atoms with Gasteiger partial charge in [-0.1, -0.05) is 61.7 Å². The molecule has 0 aliphatic heterocycles. The topological polar surface area (TPSA) is 43.0 Å². The van der Waals surface area contributed by atoms with Crippen molar-refractivity contribution in [3.63, 3.8) is 0 Å². The zero-order chi connectivity index (χ0) is 23.3. The van der Waals surface area contributed by atoms with Crippen molar-refractivity contribution in [1.29, 1.82) is 0 Å². The van der Waals surface area contributed by atoms with Crippen LogP contribution in [0.25, 0.3) is 10.9 Å². The fourth-order valence-electron chi connectivity index (χ4n) is 6.56. The molecule has 0 radical (unpaired) electrons. The van der Waals surface area contributed by atoms with Gasteiger partial charge in [-0.3, -0.25) is 0 Å². The molecule has 0 spiro atoms. The van der Waals surface area contributed by atoms with Gasteiger partial charge >= 0.3 is 0 Å². The summed E-state index contributed by atoms with van der Waals surface area (Å²) in [5, 5.41) is 5.33. The largest absolute Gasteiger partial charge is 0.347 e. The summed E-state index contributed by atoms with van der Waals surface area (Å²) in [5.41, 5.74) is 11.9. The molecule has 1 unspecified atom stereocenters. The number of halogens is 1. The fourth-order valence-corrected chi connectivity index (χ4v) is 6.56. The molecule has 3 N–H and O–H groups in total. The van der Waals surface area contributed by atoms with Crippen molar-refractivity contribution in [2.75, 3.05) is 6.54 Å². The molecule has 2 fully saturated rings. The van der Waals surface area contributed by atoms with Crippen LogP contribution in [0.1, 0.15) is 86.8 Å². The maximum Gasteiger partial charge on any atom is 0.0483 e. The van der Waals surface area contributed by atoms with Crippen molar-refractivity contribution in [3.8, 4) is 0 Å². The number of fused-ring (bicyclic) bond motifs is 1. The number of rotatable bonds is 8. The third-order valence-electron chi connectivity index (χ3n) is 8.58. The predicted molar refractivity (Wildman–Crippen MR) is 152 cm³/mol. The van der Waals surface area contributed by atoms with Gasteiger partial charge in [-0.25, -0.2) is 0 Å². The Morgan fingerprint density at radius 1 is 0.886 bits per heavy atom. The van der Waals surface area contributed by atoms with Crippen LogP contribution in [0, 0.1) is 12.8 Å². The molecule has 190 valence electrons. The molecule has 1 aromatic heterocycles. The summed E-state index contributed by atoms with van der Waals surface area (Å²) in [6.07, 6.45) is 15.4. The third kappa shape index (κ3) is 6.31. The Kier molecular flexibility index (Phi) is 9.33. The predicted octanol–water partition coefficient (Wildman–Crippen LogP) is 7.33. The molecule has 4 heteroatoms. The van der Waals surface area contributed by atoms with E-state index in [1.54, 1.807) is 0 Å². The Hall–Kier alpha value is -1.81. The van der Waals surface area contributed by atoms with Crippen LogP contribution in [-0.4, -0.2) is 23.2 Å². The first-order valence-electron chi connectivity index (χ1n) is 13.8. The van der Waals surface area contributed by atoms with Crippen molar-refractivity contribution < 1.29 is 0 Å². The highest BCUT2D eigenvalue weighted by molar-refractivity contribution is 5.85. The molecule has 2 aliphatic rings. The minimum Gasteiger partial charge on any atom is -0.347 e. The van der Waals surface area contributed by atoms with E-state index in [1.807, 2.05) is 0 Å². The minimum absolute atomic E-state index is 0. The molecule has 3 nitrogen and oxygen atoms in total. The van der Waals surface area contributed by atoms with Gasteiger partial charge in [-0.05, 0) is 87.1 Å². The maximum atomic E-state index is 6.13. The molecular formula is C31H44ClN3. The number of hydrogen-bond acceptors (Lipinski definition) is 2. The zero-order valence-corrected chi connectivity index (χ0v) is 22.2. The van der Waals surface area contributed by atoms with Gasteiger partial charge in [0.25, 0.3) is 0 Å². The van der Waals surface area contributed by atoms with Gasteiger partial charge in [0.05, 0.1) is 0 Å². The Labute approximate surface area is 218 Å². The van der Waals surface area contributed by atoms with Crippen LogP contribution in [-0.2, 0) is 6.54 Å². The first-order chi connectivity index (χ1) is 16.7. The summed E-state index contributed by atoms with van der Waals surface area (Å²) in [4.78, 5) is 0. The van der Waals surface area contributed by atoms with Gasteiger partial charge < -0.3 is 15.6 Å². The molecule has 2 aromatic carbocycles. The number of benzene rings is 2. The number of para-hydroxylation sites is 1. The van der Waals surface area contributed by atoms with E-state index in [0.29, 0.717) is 18.0 Å². The van der Waals surface area contributed by atoms with Crippen molar-refractivity contribution in [1.82, 2.24) is 9.88 Å². The van der Waals surface area contributed by atoms with Crippen LogP contribution in [0.3, 0.4) is 0 Å². The monoisotopic (exact) mass is 493 g/mol. The van der Waals surface area contributed by atoms with E-state index in [2.05, 4.69) is 71.5 Å². The first kappa shape index (κ1) is 26.3. The van der Waals surface area contributed by atoms with E-state index in [1.165, 1.54) is 79.1 Å². The summed E-state index contributed by atoms with van der Waals surface area (Å²) in [6, 6.07) is 19.2. The van der Waals surface area contributed by atoms with Crippen molar-refractivity contribution >= 4 is 23.3 Å². The van der Waals surface area contributed by atoms with Crippen molar-refractivity contribution in [3.05, 3.63) is 71.4 Å². The van der Waals surface area contributed by atoms with Gasteiger partial charge in [-0.15, -0.1) is 12.4 Å². The smallest absolute Gasteiger partial charge is 0.0483 e. The highest BCUT2D eigenvalue weighted by atomic mass is 35.5. The number of hydrogen-bond donors (Lipinski definition) is 2. The molecule has 2 saturated carbocycles. The zero-order valence-electron chi connectivity index (χ0n) is 21.4. The summed E-state index contributed by atoms with van der Waals surface area (Å²) in [5.74, 6) is 1.24. The lowest BCUT2D eigenvalue weighted by atomic mass is 9.85. The molecule has 1 heterocycles. The first-order valence-corrected chi connectivity index (χ1v) is 13.8. The molecule has 0 amide bonds. The van der Waals surface area contributed by atoms with E-state index in [9.17, 15) is 0 Å². The lowest BCUT2D eigenvalue weighted by Crippen LogP contribution is -2.38. The second kappa shape index (κ2) is 12.4. The number of nitrogens with zero attached hydrogens (tertiary/aromatic N) is 1. The second-order valence-electron chi connectivity index (χ2n) is 11.0. The van der Waals surface area contributed by atoms with E-state index >= 15 is 0 Å². The average Bonchev–Trinajstić information content (AvgIpc) is 3.22. The van der Waals surface area contributed by atoms with E-state index in [-0.39, 0.29) is 12.4 Å². The van der Waals surface area contributed by atoms with Crippen LogP contribution in [0.4, 0.5) is 0 Å². The van der Waals surface area contributed by atoms with Crippen molar-refractivity contribution in [2.45, 2.75) is 95.7 Å². The van der Waals surface area contributed by atoms with Crippen LogP contribution in [0.15, 0.2) is 54.7 Å². The van der Waals surface area contributed by atoms with Crippen molar-refractivity contribution in [2.24, 2.45) is 11.7 Å². The molecule has 1 atom stereocenters. The van der Waals surface area contributed by atoms with E-state index in [0.717, 1.165) is 31.7 Å². The molecular weight excluding hydrogens is 450 g/mol. The van der Waals surface area contributed by atoms with Gasteiger partial charge in [0, 0.05) is 41.6 Å². The summed E-state index contributed by atoms with van der Waals surface area (Å²) in [6.45, 7) is 4.50. The van der Waals surface area contributed by atoms with Crippen LogP contribution < -0.4 is 11.1 Å². The number of aryl methyl sites for hydroxylation is 1. The van der Waals surface area contributed by atoms with Gasteiger partial charge in [0.15, 0.2) is 0 Å². The van der Waals surface area contributed by atoms with Crippen LogP contribution in [0.2, 0.25) is 0 Å². The molecule has 0 saturated heterocycles. The quantitative estimate of drug-likeness (QED) is 0.345. The molecule has 0 bridgehead atoms. The Balaban J connectivity index is 0.00000289. The van der Waals surface area contributed by atoms with E-state index < -0.39 is 0 Å². The maximum absolute atomic E-state index is 6.13. The van der Waals surface area contributed by atoms with E-state index in [4.69, 9.17) is 5.73 Å². The van der Waals surface area contributed by atoms with Gasteiger partial charge in [0.1, 0.15) is 0 Å². The molecule has 5 rings (SSSR count). The Morgan fingerprint density at radius 2 is 1.60 bits per heavy atom. The summed E-state index contributed by atoms with van der Waals surface area (Å²) < 4.78 is 2.59. The molecule has 2 aliphatic carbocycles. The Morgan fingerprint density at radius 3 is 2.37 bits per heavy atom. The normalized spacial score (nSPS) is 22.1. The minimum atomic E-state index is 0. The summed E-state index contributed by atoms with van der Waals surface area (Å²) >= 11 is 0. The summed E-state index contributed by atoms with van der Waals surface area (Å²) in [7, 11) is 0. The molecule has 3 aromatic rings. The number of nitrogens with one attached hydrogen (secondary N) is 1. The van der Waals surface area contributed by atoms with Crippen LogP contribution in [0.5, 0.6) is 0 Å². The SMILES string of the molecule is Cc1ccccc1C(CCNC1CCC(N)CC1)c1cn(CC2CCCCC2)c2ccccc12.Cl. The van der Waals surface area contributed by atoms with Gasteiger partial charge in [-0.2, -0.15) is 0 Å². The third-order valence-corrected chi connectivity index (χ3v) is 8.58. The lowest BCUT2D eigenvalue weighted by molar-refractivity contribution is 0.322. The number of aromatic nitrogens is 1. The molecule has 35 heavy (non-hydrogen) atoms. The standard InChI is InChI=1S/C31H43N3.ClH/c1-23-9-5-6-12-27(23)28(19-20-33-26-17-15-25(32)16-18-26)30-22-34(21-24-10-3-2-4-11-24)31-14-8-7-13-29(30)31;/h5-9,12-14,22,24-26,28,33H,2-4,10-11,15-21,32H2,1H3;1H. The Bertz CT molecular complexity index is 1060. The number of nitrogens with two attached hydrogens (primary N) is 1. The van der Waals surface area contributed by atoms with Gasteiger partial charge in [0.2, 0.25) is 0 Å². The second-order valence-corrected chi connectivity index (χ2v) is 11.0. The fraction of sp³-hybridized carbons (Fsp3) is 0.548. The lowest BCUT2D eigenvalue weighted by Gasteiger charge is -2.28. The highest BCUT2D eigenvalue weighted by Crippen LogP contribution is 2.37.